The third-order valence-electron chi connectivity index (χ3n) is 5.41. The Kier molecular flexibility index (Phi) is 4.06. The number of aromatic nitrogens is 3. The molecule has 1 unspecified atom stereocenters. The van der Waals surface area contributed by atoms with E-state index in [9.17, 15) is 13.9 Å². The van der Waals surface area contributed by atoms with Crippen molar-refractivity contribution in [2.24, 2.45) is 5.92 Å². The third-order valence-corrected chi connectivity index (χ3v) is 5.41. The lowest BCUT2D eigenvalue weighted by atomic mass is 9.81. The van der Waals surface area contributed by atoms with Crippen molar-refractivity contribution in [3.63, 3.8) is 0 Å². The minimum absolute atomic E-state index is 0.167. The number of nitrogens with zero attached hydrogens (tertiary/aromatic N) is 2. The van der Waals surface area contributed by atoms with Crippen LogP contribution in [0.5, 0.6) is 0 Å². The number of hydrogen-bond donors (Lipinski definition) is 2. The Labute approximate surface area is 149 Å². The molecule has 0 radical (unpaired) electrons. The smallest absolute Gasteiger partial charge is 0.248 e. The number of aryl methyl sites for hydroxylation is 2. The van der Waals surface area contributed by atoms with E-state index in [-0.39, 0.29) is 18.8 Å². The van der Waals surface area contributed by atoms with Crippen molar-refractivity contribution in [1.29, 1.82) is 0 Å². The number of alkyl halides is 2. The van der Waals surface area contributed by atoms with E-state index in [0.29, 0.717) is 29.8 Å². The molecule has 138 valence electrons. The molecule has 0 aliphatic heterocycles. The van der Waals surface area contributed by atoms with Gasteiger partial charge in [0.1, 0.15) is 11.4 Å². The molecule has 3 aromatic heterocycles. The van der Waals surface area contributed by atoms with Gasteiger partial charge in [0.2, 0.25) is 5.92 Å². The van der Waals surface area contributed by atoms with Crippen LogP contribution in [0.3, 0.4) is 0 Å². The van der Waals surface area contributed by atoms with Crippen molar-refractivity contribution >= 4 is 11.0 Å². The van der Waals surface area contributed by atoms with Gasteiger partial charge in [-0.1, -0.05) is 5.16 Å². The van der Waals surface area contributed by atoms with Gasteiger partial charge in [-0.3, -0.25) is 0 Å². The highest BCUT2D eigenvalue weighted by atomic mass is 19.3. The molecule has 0 aromatic carbocycles. The fraction of sp³-hybridized carbons (Fsp3) is 0.474. The summed E-state index contributed by atoms with van der Waals surface area (Å²) in [5.74, 6) is -2.07. The summed E-state index contributed by atoms with van der Waals surface area (Å²) < 4.78 is 32.0. The predicted molar refractivity (Wildman–Crippen MR) is 92.9 cm³/mol. The molecular formula is C19H21F2N3O2. The van der Waals surface area contributed by atoms with Gasteiger partial charge in [-0.25, -0.2) is 13.8 Å². The number of pyridine rings is 1. The second-order valence-corrected chi connectivity index (χ2v) is 7.20. The Hall–Kier alpha value is -2.28. The average Bonchev–Trinajstić information content (AvgIpc) is 3.17. The van der Waals surface area contributed by atoms with Crippen LogP contribution in [-0.4, -0.2) is 26.2 Å². The largest absolute Gasteiger partial charge is 0.388 e. The molecule has 0 spiro atoms. The van der Waals surface area contributed by atoms with Crippen molar-refractivity contribution in [1.82, 2.24) is 15.1 Å². The van der Waals surface area contributed by atoms with E-state index in [4.69, 9.17) is 4.52 Å². The third kappa shape index (κ3) is 2.90. The maximum Gasteiger partial charge on any atom is 0.248 e. The quantitative estimate of drug-likeness (QED) is 0.709. The summed E-state index contributed by atoms with van der Waals surface area (Å²) in [6.07, 6.45) is 2.98. The fourth-order valence-electron chi connectivity index (χ4n) is 3.93. The lowest BCUT2D eigenvalue weighted by Crippen LogP contribution is -2.27. The van der Waals surface area contributed by atoms with Gasteiger partial charge in [0.05, 0.1) is 11.8 Å². The molecule has 5 nitrogen and oxygen atoms in total. The van der Waals surface area contributed by atoms with Crippen LogP contribution in [0.2, 0.25) is 0 Å². The zero-order valence-corrected chi connectivity index (χ0v) is 14.7. The number of nitrogens with one attached hydrogen (secondary N) is 1. The molecule has 2 N–H and O–H groups in total. The van der Waals surface area contributed by atoms with Gasteiger partial charge in [-0.15, -0.1) is 0 Å². The van der Waals surface area contributed by atoms with Crippen molar-refractivity contribution in [2.75, 3.05) is 0 Å². The van der Waals surface area contributed by atoms with Gasteiger partial charge in [0.15, 0.2) is 0 Å². The number of aliphatic hydroxyl groups is 1. The number of halogens is 2. The van der Waals surface area contributed by atoms with E-state index < -0.39 is 12.0 Å². The maximum absolute atomic E-state index is 13.4. The van der Waals surface area contributed by atoms with Crippen LogP contribution in [0.1, 0.15) is 48.8 Å². The predicted octanol–water partition coefficient (Wildman–Crippen LogP) is 4.69. The highest BCUT2D eigenvalue weighted by molar-refractivity contribution is 5.85. The SMILES string of the molecule is Cc1noc(C)c1-c1cnc2[nH]cc(C(O)C3CCC(F)(F)CC3)c2c1. The minimum atomic E-state index is -2.60. The Bertz CT molecular complexity index is 918. The summed E-state index contributed by atoms with van der Waals surface area (Å²) in [4.78, 5) is 7.50. The second-order valence-electron chi connectivity index (χ2n) is 7.20. The summed E-state index contributed by atoms with van der Waals surface area (Å²) in [5.41, 5.74) is 3.89. The highest BCUT2D eigenvalue weighted by Gasteiger charge is 2.38. The van der Waals surface area contributed by atoms with Crippen LogP contribution in [0.4, 0.5) is 8.78 Å². The second kappa shape index (κ2) is 6.16. The Morgan fingerprint density at radius 2 is 2.04 bits per heavy atom. The zero-order chi connectivity index (χ0) is 18.5. The van der Waals surface area contributed by atoms with E-state index in [0.717, 1.165) is 22.2 Å². The standard InChI is InChI=1S/C19H21F2N3O2/c1-10-16(11(2)26-24-10)13-7-14-15(9-23-18(14)22-8-13)17(25)12-3-5-19(20,21)6-4-12/h7-9,12,17,25H,3-6H2,1-2H3,(H,22,23). The van der Waals surface area contributed by atoms with Crippen LogP contribution in [0.15, 0.2) is 23.0 Å². The first kappa shape index (κ1) is 17.1. The fourth-order valence-corrected chi connectivity index (χ4v) is 3.93. The van der Waals surface area contributed by atoms with Crippen molar-refractivity contribution in [3.05, 3.63) is 35.5 Å². The van der Waals surface area contributed by atoms with Crippen molar-refractivity contribution in [3.8, 4) is 11.1 Å². The molecule has 1 fully saturated rings. The van der Waals surface area contributed by atoms with Gasteiger partial charge < -0.3 is 14.6 Å². The highest BCUT2D eigenvalue weighted by Crippen LogP contribution is 2.42. The van der Waals surface area contributed by atoms with Crippen LogP contribution >= 0.6 is 0 Å². The van der Waals surface area contributed by atoms with Crippen LogP contribution < -0.4 is 0 Å². The van der Waals surface area contributed by atoms with E-state index >= 15 is 0 Å². The lowest BCUT2D eigenvalue weighted by Gasteiger charge is -2.31. The number of aromatic amines is 1. The van der Waals surface area contributed by atoms with E-state index in [1.54, 1.807) is 12.4 Å². The Morgan fingerprint density at radius 1 is 1.31 bits per heavy atom. The summed E-state index contributed by atoms with van der Waals surface area (Å²) >= 11 is 0. The molecule has 3 heterocycles. The molecule has 26 heavy (non-hydrogen) atoms. The Balaban J connectivity index is 1.69. The van der Waals surface area contributed by atoms with E-state index in [1.807, 2.05) is 19.9 Å². The molecular weight excluding hydrogens is 340 g/mol. The molecule has 0 bridgehead atoms. The van der Waals surface area contributed by atoms with Gasteiger partial charge >= 0.3 is 0 Å². The molecule has 1 aliphatic carbocycles. The van der Waals surface area contributed by atoms with Crippen LogP contribution in [0.25, 0.3) is 22.2 Å². The molecule has 4 rings (SSSR count). The number of aliphatic hydroxyl groups excluding tert-OH is 1. The van der Waals surface area contributed by atoms with E-state index in [1.165, 1.54) is 0 Å². The van der Waals surface area contributed by atoms with Gasteiger partial charge in [0, 0.05) is 47.3 Å². The molecule has 1 aliphatic rings. The molecule has 1 saturated carbocycles. The first-order valence-corrected chi connectivity index (χ1v) is 8.82. The van der Waals surface area contributed by atoms with E-state index in [2.05, 4.69) is 15.1 Å². The summed E-state index contributed by atoms with van der Waals surface area (Å²) in [7, 11) is 0. The summed E-state index contributed by atoms with van der Waals surface area (Å²) in [6, 6.07) is 1.95. The molecule has 3 aromatic rings. The van der Waals surface area contributed by atoms with Crippen LogP contribution in [0, 0.1) is 19.8 Å². The normalized spacial score (nSPS) is 19.1. The maximum atomic E-state index is 13.4. The van der Waals surface area contributed by atoms with Gasteiger partial charge in [-0.05, 0) is 38.7 Å². The average molecular weight is 361 g/mol. The Morgan fingerprint density at radius 3 is 2.69 bits per heavy atom. The monoisotopic (exact) mass is 361 g/mol. The van der Waals surface area contributed by atoms with Crippen molar-refractivity contribution < 1.29 is 18.4 Å². The molecule has 1 atom stereocenters. The summed E-state index contributed by atoms with van der Waals surface area (Å²) in [5, 5.41) is 15.6. The number of fused-ring (bicyclic) bond motifs is 1. The van der Waals surface area contributed by atoms with Crippen LogP contribution in [-0.2, 0) is 0 Å². The van der Waals surface area contributed by atoms with Gasteiger partial charge in [0.25, 0.3) is 0 Å². The van der Waals surface area contributed by atoms with Gasteiger partial charge in [-0.2, -0.15) is 0 Å². The lowest BCUT2D eigenvalue weighted by molar-refractivity contribution is -0.0625. The zero-order valence-electron chi connectivity index (χ0n) is 14.7. The summed E-state index contributed by atoms with van der Waals surface area (Å²) in [6.45, 7) is 3.71. The molecule has 0 saturated heterocycles. The number of hydrogen-bond acceptors (Lipinski definition) is 4. The van der Waals surface area contributed by atoms with Crippen molar-refractivity contribution in [2.45, 2.75) is 51.6 Å². The molecule has 0 amide bonds. The first-order chi connectivity index (χ1) is 12.4. The number of rotatable bonds is 3. The minimum Gasteiger partial charge on any atom is -0.388 e. The number of H-pyrrole nitrogens is 1. The topological polar surface area (TPSA) is 74.9 Å². The molecule has 7 heteroatoms. The first-order valence-electron chi connectivity index (χ1n) is 8.82.